The second-order valence-corrected chi connectivity index (χ2v) is 4.93. The van der Waals surface area contributed by atoms with Crippen LogP contribution in [0.25, 0.3) is 0 Å². The fraction of sp³-hybridized carbons (Fsp3) is 0.200. The molecule has 0 fully saturated rings. The maximum Gasteiger partial charge on any atom is 0.0646 e. The number of fused-ring (bicyclic) bond motifs is 1. The molecule has 1 heterocycles. The van der Waals surface area contributed by atoms with E-state index in [4.69, 9.17) is 17.3 Å². The molecular formula is C15H15ClN2. The third kappa shape index (κ3) is 1.88. The molecule has 3 rings (SSSR count). The van der Waals surface area contributed by atoms with Gasteiger partial charge in [-0.05, 0) is 35.7 Å². The minimum absolute atomic E-state index is 0.524. The molecule has 2 aromatic carbocycles. The van der Waals surface area contributed by atoms with E-state index in [0.29, 0.717) is 6.54 Å². The van der Waals surface area contributed by atoms with Gasteiger partial charge in [-0.1, -0.05) is 35.9 Å². The van der Waals surface area contributed by atoms with E-state index in [1.54, 1.807) is 0 Å². The molecule has 2 N–H and O–H groups in total. The first kappa shape index (κ1) is 11.6. The van der Waals surface area contributed by atoms with Crippen LogP contribution in [0.3, 0.4) is 0 Å². The van der Waals surface area contributed by atoms with Gasteiger partial charge in [-0.25, -0.2) is 0 Å². The topological polar surface area (TPSA) is 29.3 Å². The molecule has 0 aliphatic carbocycles. The molecule has 1 aliphatic rings. The van der Waals surface area contributed by atoms with Gasteiger partial charge in [0, 0.05) is 18.8 Å². The lowest BCUT2D eigenvalue weighted by molar-refractivity contribution is 0.995. The highest BCUT2D eigenvalue weighted by Crippen LogP contribution is 2.38. The Balaban J connectivity index is 2.02. The highest BCUT2D eigenvalue weighted by molar-refractivity contribution is 6.33. The normalized spacial score (nSPS) is 13.8. The Hall–Kier alpha value is -1.51. The van der Waals surface area contributed by atoms with Crippen LogP contribution in [0.5, 0.6) is 0 Å². The summed E-state index contributed by atoms with van der Waals surface area (Å²) in [4.78, 5) is 2.28. The van der Waals surface area contributed by atoms with Gasteiger partial charge in [0.05, 0.1) is 10.7 Å². The third-order valence-corrected chi connectivity index (χ3v) is 3.73. The molecule has 0 amide bonds. The molecule has 18 heavy (non-hydrogen) atoms. The fourth-order valence-corrected chi connectivity index (χ4v) is 2.79. The van der Waals surface area contributed by atoms with E-state index >= 15 is 0 Å². The van der Waals surface area contributed by atoms with Crippen molar-refractivity contribution in [3.8, 4) is 0 Å². The molecule has 2 aromatic rings. The van der Waals surface area contributed by atoms with Gasteiger partial charge in [0.15, 0.2) is 0 Å². The van der Waals surface area contributed by atoms with Gasteiger partial charge in [-0.2, -0.15) is 0 Å². The highest BCUT2D eigenvalue weighted by Gasteiger charge is 2.21. The lowest BCUT2D eigenvalue weighted by Gasteiger charge is -2.21. The van der Waals surface area contributed by atoms with Gasteiger partial charge in [0.2, 0.25) is 0 Å². The Bertz CT molecular complexity index is 580. The van der Waals surface area contributed by atoms with Crippen molar-refractivity contribution in [2.24, 2.45) is 5.73 Å². The summed E-state index contributed by atoms with van der Waals surface area (Å²) >= 11 is 6.36. The summed E-state index contributed by atoms with van der Waals surface area (Å²) in [5.41, 5.74) is 10.4. The first-order valence-corrected chi connectivity index (χ1v) is 6.51. The van der Waals surface area contributed by atoms with Crippen LogP contribution in [0.1, 0.15) is 11.1 Å². The molecule has 0 aromatic heterocycles. The van der Waals surface area contributed by atoms with Gasteiger partial charge >= 0.3 is 0 Å². The fourth-order valence-electron chi connectivity index (χ4n) is 2.48. The SMILES string of the molecule is NCc1ccc(N2CCc3ccccc32)c(Cl)c1. The van der Waals surface area contributed by atoms with Crippen molar-refractivity contribution in [1.29, 1.82) is 0 Å². The Morgan fingerprint density at radius 2 is 1.94 bits per heavy atom. The number of anilines is 2. The van der Waals surface area contributed by atoms with Crippen LogP contribution < -0.4 is 10.6 Å². The van der Waals surface area contributed by atoms with E-state index in [0.717, 1.165) is 29.2 Å². The van der Waals surface area contributed by atoms with Crippen LogP contribution in [0.2, 0.25) is 5.02 Å². The first-order valence-electron chi connectivity index (χ1n) is 6.13. The zero-order chi connectivity index (χ0) is 12.5. The molecule has 0 saturated carbocycles. The summed E-state index contributed by atoms with van der Waals surface area (Å²) in [5, 5.41) is 0.773. The average Bonchev–Trinajstić information content (AvgIpc) is 2.82. The number of para-hydroxylation sites is 1. The van der Waals surface area contributed by atoms with Crippen molar-refractivity contribution >= 4 is 23.0 Å². The Kier molecular flexibility index (Phi) is 2.98. The van der Waals surface area contributed by atoms with Crippen LogP contribution >= 0.6 is 11.6 Å². The summed E-state index contributed by atoms with van der Waals surface area (Å²) in [6, 6.07) is 14.5. The standard InChI is InChI=1S/C15H15ClN2/c16-13-9-11(10-17)5-6-15(13)18-8-7-12-3-1-2-4-14(12)18/h1-6,9H,7-8,10,17H2. The molecule has 3 heteroatoms. The van der Waals surface area contributed by atoms with Crippen molar-refractivity contribution in [1.82, 2.24) is 0 Å². The van der Waals surface area contributed by atoms with Gasteiger partial charge in [-0.15, -0.1) is 0 Å². The van der Waals surface area contributed by atoms with Crippen molar-refractivity contribution in [2.75, 3.05) is 11.4 Å². The van der Waals surface area contributed by atoms with Crippen molar-refractivity contribution in [3.05, 3.63) is 58.6 Å². The monoisotopic (exact) mass is 258 g/mol. The van der Waals surface area contributed by atoms with E-state index < -0.39 is 0 Å². The predicted octanol–water partition coefficient (Wildman–Crippen LogP) is 3.49. The van der Waals surface area contributed by atoms with Crippen molar-refractivity contribution < 1.29 is 0 Å². The quantitative estimate of drug-likeness (QED) is 0.893. The van der Waals surface area contributed by atoms with Crippen LogP contribution in [-0.4, -0.2) is 6.54 Å². The zero-order valence-electron chi connectivity index (χ0n) is 10.1. The van der Waals surface area contributed by atoms with Crippen LogP contribution in [0.15, 0.2) is 42.5 Å². The van der Waals surface area contributed by atoms with Gasteiger partial charge in [-0.3, -0.25) is 0 Å². The number of benzene rings is 2. The lowest BCUT2D eigenvalue weighted by Crippen LogP contribution is -2.13. The molecule has 2 nitrogen and oxygen atoms in total. The number of nitrogens with two attached hydrogens (primary N) is 1. The van der Waals surface area contributed by atoms with E-state index in [9.17, 15) is 0 Å². The smallest absolute Gasteiger partial charge is 0.0646 e. The Morgan fingerprint density at radius 3 is 2.72 bits per heavy atom. The van der Waals surface area contributed by atoms with Crippen LogP contribution in [0, 0.1) is 0 Å². The second kappa shape index (κ2) is 4.63. The van der Waals surface area contributed by atoms with Gasteiger partial charge in [0.1, 0.15) is 0 Å². The van der Waals surface area contributed by atoms with E-state index in [2.05, 4.69) is 35.2 Å². The van der Waals surface area contributed by atoms with E-state index in [-0.39, 0.29) is 0 Å². The molecule has 0 saturated heterocycles. The average molecular weight is 259 g/mol. The van der Waals surface area contributed by atoms with Crippen molar-refractivity contribution in [2.45, 2.75) is 13.0 Å². The van der Waals surface area contributed by atoms with Gasteiger partial charge in [0.25, 0.3) is 0 Å². The minimum atomic E-state index is 0.524. The summed E-state index contributed by atoms with van der Waals surface area (Å²) in [6.45, 7) is 1.51. The van der Waals surface area contributed by atoms with Crippen molar-refractivity contribution in [3.63, 3.8) is 0 Å². The molecular weight excluding hydrogens is 244 g/mol. The maximum absolute atomic E-state index is 6.36. The number of nitrogens with zero attached hydrogens (tertiary/aromatic N) is 1. The molecule has 0 atom stereocenters. The molecule has 0 bridgehead atoms. The lowest BCUT2D eigenvalue weighted by atomic mass is 10.1. The third-order valence-electron chi connectivity index (χ3n) is 3.43. The largest absolute Gasteiger partial charge is 0.340 e. The number of rotatable bonds is 2. The molecule has 0 radical (unpaired) electrons. The Morgan fingerprint density at radius 1 is 1.11 bits per heavy atom. The first-order chi connectivity index (χ1) is 8.79. The zero-order valence-corrected chi connectivity index (χ0v) is 10.8. The molecule has 0 spiro atoms. The number of halogens is 1. The number of hydrogen-bond donors (Lipinski definition) is 1. The summed E-state index contributed by atoms with van der Waals surface area (Å²) in [5.74, 6) is 0. The highest BCUT2D eigenvalue weighted by atomic mass is 35.5. The maximum atomic E-state index is 6.36. The van der Waals surface area contributed by atoms with Crippen LogP contribution in [-0.2, 0) is 13.0 Å². The summed E-state index contributed by atoms with van der Waals surface area (Å²) in [7, 11) is 0. The molecule has 0 unspecified atom stereocenters. The summed E-state index contributed by atoms with van der Waals surface area (Å²) < 4.78 is 0. The van der Waals surface area contributed by atoms with E-state index in [1.165, 1.54) is 11.3 Å². The van der Waals surface area contributed by atoms with Crippen LogP contribution in [0.4, 0.5) is 11.4 Å². The summed E-state index contributed by atoms with van der Waals surface area (Å²) in [6.07, 6.45) is 1.07. The second-order valence-electron chi connectivity index (χ2n) is 4.52. The molecule has 92 valence electrons. The minimum Gasteiger partial charge on any atom is -0.340 e. The van der Waals surface area contributed by atoms with Gasteiger partial charge < -0.3 is 10.6 Å². The van der Waals surface area contributed by atoms with E-state index in [1.807, 2.05) is 12.1 Å². The number of hydrogen-bond acceptors (Lipinski definition) is 2. The Labute approximate surface area is 112 Å². The molecule has 1 aliphatic heterocycles. The predicted molar refractivity (Wildman–Crippen MR) is 76.5 cm³/mol.